The number of amides is 1. The summed E-state index contributed by atoms with van der Waals surface area (Å²) in [5, 5.41) is 2.81. The lowest BCUT2D eigenvalue weighted by molar-refractivity contribution is 0.102. The van der Waals surface area contributed by atoms with E-state index < -0.39 is 10.0 Å². The molecule has 1 saturated heterocycles. The molecule has 25 heavy (non-hydrogen) atoms. The van der Waals surface area contributed by atoms with Crippen molar-refractivity contribution in [1.82, 2.24) is 0 Å². The van der Waals surface area contributed by atoms with Crippen LogP contribution in [0, 0.1) is 6.92 Å². The largest absolute Gasteiger partial charge is 0.496 e. The van der Waals surface area contributed by atoms with Gasteiger partial charge in [0.1, 0.15) is 5.75 Å². The number of hydrogen-bond acceptors (Lipinski definition) is 4. The van der Waals surface area contributed by atoms with Gasteiger partial charge in [0.05, 0.1) is 24.1 Å². The second kappa shape index (κ2) is 6.76. The van der Waals surface area contributed by atoms with Crippen LogP contribution in [0.3, 0.4) is 0 Å². The van der Waals surface area contributed by atoms with Crippen LogP contribution in [0.1, 0.15) is 22.3 Å². The van der Waals surface area contributed by atoms with E-state index in [0.29, 0.717) is 35.7 Å². The van der Waals surface area contributed by atoms with Gasteiger partial charge in [0, 0.05) is 12.2 Å². The second-order valence-electron chi connectivity index (χ2n) is 5.90. The highest BCUT2D eigenvalue weighted by Gasteiger charge is 2.29. The lowest BCUT2D eigenvalue weighted by atomic mass is 10.1. The van der Waals surface area contributed by atoms with Gasteiger partial charge in [-0.05, 0) is 43.2 Å². The molecule has 7 heteroatoms. The lowest BCUT2D eigenvalue weighted by Gasteiger charge is -2.20. The van der Waals surface area contributed by atoms with Crippen LogP contribution >= 0.6 is 0 Å². The molecule has 6 nitrogen and oxygen atoms in total. The maximum Gasteiger partial charge on any atom is 0.259 e. The van der Waals surface area contributed by atoms with Gasteiger partial charge in [0.2, 0.25) is 10.0 Å². The first-order chi connectivity index (χ1) is 11.9. The molecule has 1 aliphatic heterocycles. The Balaban J connectivity index is 1.89. The molecule has 2 aromatic rings. The fraction of sp³-hybridized carbons (Fsp3) is 0.278. The summed E-state index contributed by atoms with van der Waals surface area (Å²) in [5.74, 6) is 0.329. The van der Waals surface area contributed by atoms with Gasteiger partial charge in [0.15, 0.2) is 0 Å². The predicted molar refractivity (Wildman–Crippen MR) is 97.9 cm³/mol. The quantitative estimate of drug-likeness (QED) is 0.910. The molecule has 0 bridgehead atoms. The second-order valence-corrected chi connectivity index (χ2v) is 7.91. The molecular formula is C18H20N2O4S. The number of carbonyl (C=O) groups is 1. The average Bonchev–Trinajstić information content (AvgIpc) is 2.95. The maximum absolute atomic E-state index is 12.5. The van der Waals surface area contributed by atoms with Crippen molar-refractivity contribution in [2.24, 2.45) is 0 Å². The standard InChI is InChI=1S/C18H20N2O4S/c1-13-8-9-14(12-16(13)20-10-5-11-25(20,22)23)19-18(21)15-6-3-4-7-17(15)24-2/h3-4,6-9,12H,5,10-11H2,1-2H3,(H,19,21). The van der Waals surface area contributed by atoms with Crippen LogP contribution in [-0.4, -0.2) is 33.7 Å². The number of nitrogens with one attached hydrogen (secondary N) is 1. The molecule has 1 amide bonds. The van der Waals surface area contributed by atoms with Gasteiger partial charge < -0.3 is 10.1 Å². The topological polar surface area (TPSA) is 75.7 Å². The summed E-state index contributed by atoms with van der Waals surface area (Å²) in [6, 6.07) is 12.2. The summed E-state index contributed by atoms with van der Waals surface area (Å²) in [7, 11) is -1.76. The molecule has 132 valence electrons. The number of rotatable bonds is 4. The van der Waals surface area contributed by atoms with E-state index in [0.717, 1.165) is 5.56 Å². The number of hydrogen-bond donors (Lipinski definition) is 1. The molecule has 0 radical (unpaired) electrons. The van der Waals surface area contributed by atoms with Gasteiger partial charge in [-0.15, -0.1) is 0 Å². The molecule has 0 aromatic heterocycles. The van der Waals surface area contributed by atoms with Crippen LogP contribution < -0.4 is 14.4 Å². The van der Waals surface area contributed by atoms with E-state index in [9.17, 15) is 13.2 Å². The molecular weight excluding hydrogens is 340 g/mol. The molecule has 0 unspecified atom stereocenters. The fourth-order valence-electron chi connectivity index (χ4n) is 2.90. The van der Waals surface area contributed by atoms with Crippen LogP contribution in [0.5, 0.6) is 5.75 Å². The summed E-state index contributed by atoms with van der Waals surface area (Å²) in [5.41, 5.74) is 2.41. The van der Waals surface area contributed by atoms with Crippen LogP contribution in [0.2, 0.25) is 0 Å². The highest BCUT2D eigenvalue weighted by atomic mass is 32.2. The van der Waals surface area contributed by atoms with Crippen molar-refractivity contribution >= 4 is 27.3 Å². The minimum absolute atomic E-state index is 0.157. The monoisotopic (exact) mass is 360 g/mol. The van der Waals surface area contributed by atoms with Gasteiger partial charge in [-0.3, -0.25) is 9.10 Å². The van der Waals surface area contributed by atoms with Gasteiger partial charge in [0.25, 0.3) is 5.91 Å². The first-order valence-corrected chi connectivity index (χ1v) is 9.59. The number of nitrogens with zero attached hydrogens (tertiary/aromatic N) is 1. The van der Waals surface area contributed by atoms with Crippen LogP contribution in [0.4, 0.5) is 11.4 Å². The van der Waals surface area contributed by atoms with E-state index in [1.807, 2.05) is 6.92 Å². The Morgan fingerprint density at radius 2 is 1.96 bits per heavy atom. The zero-order chi connectivity index (χ0) is 18.0. The minimum Gasteiger partial charge on any atom is -0.496 e. The Morgan fingerprint density at radius 3 is 2.64 bits per heavy atom. The van der Waals surface area contributed by atoms with Gasteiger partial charge >= 0.3 is 0 Å². The van der Waals surface area contributed by atoms with E-state index in [1.54, 1.807) is 42.5 Å². The van der Waals surface area contributed by atoms with Gasteiger partial charge in [-0.25, -0.2) is 8.42 Å². The normalized spacial score (nSPS) is 15.8. The van der Waals surface area contributed by atoms with Crippen molar-refractivity contribution < 1.29 is 17.9 Å². The third kappa shape index (κ3) is 3.46. The van der Waals surface area contributed by atoms with E-state index in [2.05, 4.69) is 5.32 Å². The Bertz CT molecular complexity index is 909. The molecule has 2 aromatic carbocycles. The maximum atomic E-state index is 12.5. The summed E-state index contributed by atoms with van der Waals surface area (Å²) < 4.78 is 31.0. The molecule has 0 saturated carbocycles. The zero-order valence-electron chi connectivity index (χ0n) is 14.2. The molecule has 1 heterocycles. The van der Waals surface area contributed by atoms with Crippen molar-refractivity contribution in [3.63, 3.8) is 0 Å². The number of para-hydroxylation sites is 1. The number of benzene rings is 2. The summed E-state index contributed by atoms with van der Waals surface area (Å²) >= 11 is 0. The molecule has 0 spiro atoms. The third-order valence-corrected chi connectivity index (χ3v) is 6.04. The summed E-state index contributed by atoms with van der Waals surface area (Å²) in [6.07, 6.45) is 0.611. The van der Waals surface area contributed by atoms with Crippen LogP contribution in [0.15, 0.2) is 42.5 Å². The Labute approximate surface area is 147 Å². The number of ether oxygens (including phenoxy) is 1. The average molecular weight is 360 g/mol. The third-order valence-electron chi connectivity index (χ3n) is 4.19. The highest BCUT2D eigenvalue weighted by molar-refractivity contribution is 7.93. The SMILES string of the molecule is COc1ccccc1C(=O)Nc1ccc(C)c(N2CCCS2(=O)=O)c1. The van der Waals surface area contributed by atoms with Crippen molar-refractivity contribution in [3.05, 3.63) is 53.6 Å². The zero-order valence-corrected chi connectivity index (χ0v) is 15.0. The number of anilines is 2. The van der Waals surface area contributed by atoms with Gasteiger partial charge in [-0.2, -0.15) is 0 Å². The smallest absolute Gasteiger partial charge is 0.259 e. The van der Waals surface area contributed by atoms with Crippen molar-refractivity contribution in [3.8, 4) is 5.75 Å². The number of carbonyl (C=O) groups excluding carboxylic acids is 1. The Hall–Kier alpha value is -2.54. The molecule has 1 aliphatic rings. The first-order valence-electron chi connectivity index (χ1n) is 7.98. The molecule has 3 rings (SSSR count). The van der Waals surface area contributed by atoms with E-state index >= 15 is 0 Å². The van der Waals surface area contributed by atoms with E-state index in [4.69, 9.17) is 4.74 Å². The van der Waals surface area contributed by atoms with Crippen LogP contribution in [0.25, 0.3) is 0 Å². The molecule has 0 atom stereocenters. The Morgan fingerprint density at radius 1 is 1.20 bits per heavy atom. The lowest BCUT2D eigenvalue weighted by Crippen LogP contribution is -2.26. The fourth-order valence-corrected chi connectivity index (χ4v) is 4.51. The minimum atomic E-state index is -3.27. The summed E-state index contributed by atoms with van der Waals surface area (Å²) in [6.45, 7) is 2.32. The summed E-state index contributed by atoms with van der Waals surface area (Å²) in [4.78, 5) is 12.5. The van der Waals surface area contributed by atoms with E-state index in [-0.39, 0.29) is 11.7 Å². The van der Waals surface area contributed by atoms with Crippen molar-refractivity contribution in [2.45, 2.75) is 13.3 Å². The first kappa shape index (κ1) is 17.3. The van der Waals surface area contributed by atoms with Gasteiger partial charge in [-0.1, -0.05) is 18.2 Å². The number of aryl methyl sites for hydroxylation is 1. The molecule has 0 aliphatic carbocycles. The predicted octanol–water partition coefficient (Wildman–Crippen LogP) is 2.80. The van der Waals surface area contributed by atoms with E-state index in [1.165, 1.54) is 11.4 Å². The number of sulfonamides is 1. The van der Waals surface area contributed by atoms with Crippen LogP contribution in [-0.2, 0) is 10.0 Å². The Kier molecular flexibility index (Phi) is 4.67. The van der Waals surface area contributed by atoms with Crippen molar-refractivity contribution in [1.29, 1.82) is 0 Å². The molecule has 1 fully saturated rings. The molecule has 1 N–H and O–H groups in total. The van der Waals surface area contributed by atoms with Crippen molar-refractivity contribution in [2.75, 3.05) is 29.0 Å². The number of methoxy groups -OCH3 is 1. The highest BCUT2D eigenvalue weighted by Crippen LogP contribution is 2.30.